The van der Waals surface area contributed by atoms with Crippen LogP contribution in [-0.2, 0) is 6.42 Å². The van der Waals surface area contributed by atoms with Gasteiger partial charge >= 0.3 is 0 Å². The monoisotopic (exact) mass is 337 g/mol. The molecule has 0 saturated carbocycles. The van der Waals surface area contributed by atoms with Crippen molar-refractivity contribution in [2.24, 2.45) is 0 Å². The van der Waals surface area contributed by atoms with Crippen LogP contribution in [0.2, 0.25) is 0 Å². The molecule has 25 heavy (non-hydrogen) atoms. The fourth-order valence-corrected chi connectivity index (χ4v) is 2.69. The third-order valence-corrected chi connectivity index (χ3v) is 4.06. The number of anilines is 1. The van der Waals surface area contributed by atoms with Crippen molar-refractivity contribution in [2.75, 3.05) is 18.4 Å². The Bertz CT molecular complexity index is 842. The van der Waals surface area contributed by atoms with Crippen molar-refractivity contribution in [1.29, 1.82) is 0 Å². The van der Waals surface area contributed by atoms with Crippen molar-refractivity contribution >= 4 is 22.8 Å². The molecule has 0 aliphatic heterocycles. The normalized spacial score (nSPS) is 10.8. The molecule has 6 heteroatoms. The van der Waals surface area contributed by atoms with Crippen LogP contribution >= 0.6 is 0 Å². The Hall–Kier alpha value is -2.89. The topological polar surface area (TPSA) is 82.7 Å². The number of nitrogens with one attached hydrogen (secondary N) is 3. The van der Waals surface area contributed by atoms with Crippen LogP contribution in [0.4, 0.5) is 5.95 Å². The van der Waals surface area contributed by atoms with E-state index in [-0.39, 0.29) is 5.91 Å². The van der Waals surface area contributed by atoms with E-state index in [1.165, 1.54) is 10.9 Å². The van der Waals surface area contributed by atoms with Gasteiger partial charge in [-0.25, -0.2) is 9.97 Å². The zero-order valence-corrected chi connectivity index (χ0v) is 14.4. The molecule has 0 atom stereocenters. The van der Waals surface area contributed by atoms with Crippen LogP contribution in [0, 0.1) is 0 Å². The molecule has 2 aromatic heterocycles. The van der Waals surface area contributed by atoms with Crippen LogP contribution in [0.25, 0.3) is 10.9 Å². The summed E-state index contributed by atoms with van der Waals surface area (Å²) in [6.07, 6.45) is 6.51. The number of aromatic amines is 1. The number of carbonyl (C=O) groups is 1. The van der Waals surface area contributed by atoms with E-state index in [4.69, 9.17) is 0 Å². The van der Waals surface area contributed by atoms with Crippen molar-refractivity contribution in [3.63, 3.8) is 0 Å². The lowest BCUT2D eigenvalue weighted by atomic mass is 10.1. The lowest BCUT2D eigenvalue weighted by Gasteiger charge is -2.07. The molecule has 6 nitrogen and oxygen atoms in total. The molecule has 0 aliphatic rings. The lowest BCUT2D eigenvalue weighted by Crippen LogP contribution is -2.26. The Balaban J connectivity index is 1.55. The molecule has 0 bridgehead atoms. The van der Waals surface area contributed by atoms with Gasteiger partial charge in [0, 0.05) is 36.4 Å². The predicted octanol–water partition coefficient (Wildman–Crippen LogP) is 3.14. The van der Waals surface area contributed by atoms with Crippen molar-refractivity contribution in [1.82, 2.24) is 20.3 Å². The SMILES string of the molecule is CCCCNc1nccc(C(=O)NCCc2c[nH]c3ccccc23)n1. The fraction of sp³-hybridized carbons (Fsp3) is 0.316. The van der Waals surface area contributed by atoms with Gasteiger partial charge in [-0.2, -0.15) is 0 Å². The fourth-order valence-electron chi connectivity index (χ4n) is 2.69. The Kier molecular flexibility index (Phi) is 5.61. The lowest BCUT2D eigenvalue weighted by molar-refractivity contribution is 0.0949. The summed E-state index contributed by atoms with van der Waals surface area (Å²) in [6.45, 7) is 3.49. The summed E-state index contributed by atoms with van der Waals surface area (Å²) in [5.41, 5.74) is 2.69. The number of aromatic nitrogens is 3. The first kappa shape index (κ1) is 17.0. The summed E-state index contributed by atoms with van der Waals surface area (Å²) in [4.78, 5) is 23.9. The maximum absolute atomic E-state index is 12.3. The highest BCUT2D eigenvalue weighted by molar-refractivity contribution is 5.92. The van der Waals surface area contributed by atoms with Crippen LogP contribution < -0.4 is 10.6 Å². The van der Waals surface area contributed by atoms with Gasteiger partial charge in [-0.05, 0) is 30.5 Å². The molecule has 0 aliphatic carbocycles. The molecule has 0 radical (unpaired) electrons. The Morgan fingerprint density at radius 1 is 1.20 bits per heavy atom. The Morgan fingerprint density at radius 3 is 2.96 bits per heavy atom. The molecule has 2 heterocycles. The minimum atomic E-state index is -0.180. The number of unbranched alkanes of at least 4 members (excludes halogenated alkanes) is 1. The number of rotatable bonds is 8. The van der Waals surface area contributed by atoms with E-state index >= 15 is 0 Å². The number of para-hydroxylation sites is 1. The van der Waals surface area contributed by atoms with Crippen LogP contribution in [0.15, 0.2) is 42.7 Å². The van der Waals surface area contributed by atoms with Gasteiger partial charge in [0.2, 0.25) is 5.95 Å². The second-order valence-electron chi connectivity index (χ2n) is 5.91. The summed E-state index contributed by atoms with van der Waals surface area (Å²) in [7, 11) is 0. The van der Waals surface area contributed by atoms with E-state index in [9.17, 15) is 4.79 Å². The molecule has 1 aromatic carbocycles. The van der Waals surface area contributed by atoms with E-state index in [2.05, 4.69) is 38.6 Å². The zero-order chi connectivity index (χ0) is 17.5. The summed E-state index contributed by atoms with van der Waals surface area (Å²) in [5.74, 6) is 0.318. The molecular weight excluding hydrogens is 314 g/mol. The number of fused-ring (bicyclic) bond motifs is 1. The average Bonchev–Trinajstić information content (AvgIpc) is 3.05. The number of carbonyl (C=O) groups excluding carboxylic acids is 1. The number of hydrogen-bond donors (Lipinski definition) is 3. The molecule has 0 saturated heterocycles. The number of H-pyrrole nitrogens is 1. The molecule has 130 valence electrons. The molecule has 1 amide bonds. The van der Waals surface area contributed by atoms with Gasteiger partial charge in [0.15, 0.2) is 0 Å². The standard InChI is InChI=1S/C19H23N5O/c1-2-3-10-21-19-22-12-9-17(24-19)18(25)20-11-8-14-13-23-16-7-5-4-6-15(14)16/h4-7,9,12-13,23H,2-3,8,10-11H2,1H3,(H,20,25)(H,21,22,24). The highest BCUT2D eigenvalue weighted by Crippen LogP contribution is 2.17. The largest absolute Gasteiger partial charge is 0.361 e. The van der Waals surface area contributed by atoms with Crippen molar-refractivity contribution in [3.8, 4) is 0 Å². The van der Waals surface area contributed by atoms with Crippen LogP contribution in [0.3, 0.4) is 0 Å². The quantitative estimate of drug-likeness (QED) is 0.552. The second kappa shape index (κ2) is 8.28. The van der Waals surface area contributed by atoms with Gasteiger partial charge in [0.05, 0.1) is 0 Å². The van der Waals surface area contributed by atoms with Crippen LogP contribution in [0.1, 0.15) is 35.8 Å². The van der Waals surface area contributed by atoms with Crippen LogP contribution in [-0.4, -0.2) is 33.9 Å². The van der Waals surface area contributed by atoms with Crippen LogP contribution in [0.5, 0.6) is 0 Å². The maximum atomic E-state index is 12.3. The average molecular weight is 337 g/mol. The maximum Gasteiger partial charge on any atom is 0.270 e. The molecule has 0 unspecified atom stereocenters. The summed E-state index contributed by atoms with van der Waals surface area (Å²) >= 11 is 0. The molecule has 0 fully saturated rings. The molecule has 3 rings (SSSR count). The van der Waals surface area contributed by atoms with E-state index in [1.807, 2.05) is 24.4 Å². The van der Waals surface area contributed by atoms with E-state index in [0.717, 1.165) is 31.3 Å². The highest BCUT2D eigenvalue weighted by Gasteiger charge is 2.09. The second-order valence-corrected chi connectivity index (χ2v) is 5.91. The first-order chi connectivity index (χ1) is 12.3. The van der Waals surface area contributed by atoms with Gasteiger partial charge in [-0.1, -0.05) is 31.5 Å². The summed E-state index contributed by atoms with van der Waals surface area (Å²) < 4.78 is 0. The van der Waals surface area contributed by atoms with Gasteiger partial charge < -0.3 is 15.6 Å². The molecule has 3 N–H and O–H groups in total. The summed E-state index contributed by atoms with van der Waals surface area (Å²) in [5, 5.41) is 7.25. The van der Waals surface area contributed by atoms with E-state index < -0.39 is 0 Å². The van der Waals surface area contributed by atoms with Gasteiger partial charge in [-0.3, -0.25) is 4.79 Å². The predicted molar refractivity (Wildman–Crippen MR) is 99.8 cm³/mol. The van der Waals surface area contributed by atoms with Gasteiger partial charge in [-0.15, -0.1) is 0 Å². The number of hydrogen-bond acceptors (Lipinski definition) is 4. The highest BCUT2D eigenvalue weighted by atomic mass is 16.1. The first-order valence-electron chi connectivity index (χ1n) is 8.68. The third kappa shape index (κ3) is 4.35. The summed E-state index contributed by atoms with van der Waals surface area (Å²) in [6, 6.07) is 9.79. The molecular formula is C19H23N5O. The van der Waals surface area contributed by atoms with E-state index in [1.54, 1.807) is 12.3 Å². The number of benzene rings is 1. The first-order valence-corrected chi connectivity index (χ1v) is 8.68. The van der Waals surface area contributed by atoms with Crippen molar-refractivity contribution in [3.05, 3.63) is 54.0 Å². The van der Waals surface area contributed by atoms with Crippen molar-refractivity contribution < 1.29 is 4.79 Å². The Labute approximate surface area is 147 Å². The van der Waals surface area contributed by atoms with Crippen molar-refractivity contribution in [2.45, 2.75) is 26.2 Å². The smallest absolute Gasteiger partial charge is 0.270 e. The third-order valence-electron chi connectivity index (χ3n) is 4.06. The zero-order valence-electron chi connectivity index (χ0n) is 14.4. The molecule has 0 spiro atoms. The molecule has 3 aromatic rings. The van der Waals surface area contributed by atoms with Gasteiger partial charge in [0.25, 0.3) is 5.91 Å². The minimum Gasteiger partial charge on any atom is -0.361 e. The van der Waals surface area contributed by atoms with Gasteiger partial charge in [0.1, 0.15) is 5.69 Å². The Morgan fingerprint density at radius 2 is 2.08 bits per heavy atom. The number of amides is 1. The van der Waals surface area contributed by atoms with E-state index in [0.29, 0.717) is 18.2 Å². The number of nitrogens with zero attached hydrogens (tertiary/aromatic N) is 2. The minimum absolute atomic E-state index is 0.180.